The summed E-state index contributed by atoms with van der Waals surface area (Å²) in [6.45, 7) is 5.70. The quantitative estimate of drug-likeness (QED) is 0.883. The maximum Gasteiger partial charge on any atom is 0.408 e. The summed E-state index contributed by atoms with van der Waals surface area (Å²) in [4.78, 5) is 24.0. The molecule has 5 heteroatoms. The topological polar surface area (TPSA) is 67.4 Å². The van der Waals surface area contributed by atoms with E-state index in [1.807, 2.05) is 62.4 Å². The fraction of sp³-hybridized carbons (Fsp3) is 0.263. The van der Waals surface area contributed by atoms with Crippen molar-refractivity contribution in [1.82, 2.24) is 5.32 Å². The van der Waals surface area contributed by atoms with Gasteiger partial charge in [0.15, 0.2) is 0 Å². The Morgan fingerprint density at radius 1 is 1.04 bits per heavy atom. The average molecular weight is 326 g/mol. The van der Waals surface area contributed by atoms with Gasteiger partial charge in [0.25, 0.3) is 0 Å². The molecule has 2 aromatic rings. The third-order valence-corrected chi connectivity index (χ3v) is 3.80. The highest BCUT2D eigenvalue weighted by atomic mass is 16.5. The average Bonchev–Trinajstić information content (AvgIpc) is 2.58. The predicted octanol–water partition coefficient (Wildman–Crippen LogP) is 3.56. The second-order valence-electron chi connectivity index (χ2n) is 5.66. The Kier molecular flexibility index (Phi) is 5.95. The third-order valence-electron chi connectivity index (χ3n) is 3.80. The molecule has 0 bridgehead atoms. The van der Waals surface area contributed by atoms with Crippen LogP contribution in [0, 0.1) is 13.8 Å². The van der Waals surface area contributed by atoms with Crippen LogP contribution in [0.4, 0.5) is 10.5 Å². The summed E-state index contributed by atoms with van der Waals surface area (Å²) in [5.41, 5.74) is 3.73. The number of alkyl carbamates (subject to hydrolysis) is 1. The number of ether oxygens (including phenoxy) is 1. The summed E-state index contributed by atoms with van der Waals surface area (Å²) >= 11 is 0. The number of benzene rings is 2. The van der Waals surface area contributed by atoms with E-state index >= 15 is 0 Å². The first-order chi connectivity index (χ1) is 11.5. The second-order valence-corrected chi connectivity index (χ2v) is 5.66. The van der Waals surface area contributed by atoms with Crippen molar-refractivity contribution in [2.45, 2.75) is 33.4 Å². The molecule has 1 atom stereocenters. The van der Waals surface area contributed by atoms with Gasteiger partial charge in [-0.05, 0) is 43.5 Å². The zero-order chi connectivity index (χ0) is 17.5. The van der Waals surface area contributed by atoms with E-state index in [4.69, 9.17) is 4.74 Å². The molecule has 2 rings (SSSR count). The minimum atomic E-state index is -0.701. The minimum Gasteiger partial charge on any atom is -0.445 e. The van der Waals surface area contributed by atoms with Gasteiger partial charge in [-0.15, -0.1) is 0 Å². The number of carbonyl (C=O) groups is 2. The van der Waals surface area contributed by atoms with Crippen LogP contribution in [0.15, 0.2) is 48.5 Å². The van der Waals surface area contributed by atoms with Crippen LogP contribution in [0.5, 0.6) is 0 Å². The van der Waals surface area contributed by atoms with E-state index in [-0.39, 0.29) is 12.5 Å². The largest absolute Gasteiger partial charge is 0.445 e. The molecule has 2 amide bonds. The molecule has 0 aliphatic carbocycles. The van der Waals surface area contributed by atoms with Gasteiger partial charge in [0.05, 0.1) is 0 Å². The highest BCUT2D eigenvalue weighted by Crippen LogP contribution is 2.18. The van der Waals surface area contributed by atoms with Gasteiger partial charge in [-0.3, -0.25) is 4.79 Å². The molecule has 0 aliphatic rings. The van der Waals surface area contributed by atoms with Crippen LogP contribution >= 0.6 is 0 Å². The number of hydrogen-bond acceptors (Lipinski definition) is 3. The molecule has 24 heavy (non-hydrogen) atoms. The third kappa shape index (κ3) is 4.84. The number of amides is 2. The molecule has 0 aliphatic heterocycles. The molecule has 0 heterocycles. The maximum atomic E-state index is 12.2. The van der Waals surface area contributed by atoms with E-state index in [9.17, 15) is 9.59 Å². The van der Waals surface area contributed by atoms with Crippen LogP contribution in [-0.4, -0.2) is 18.0 Å². The molecular weight excluding hydrogens is 304 g/mol. The fourth-order valence-electron chi connectivity index (χ4n) is 2.13. The van der Waals surface area contributed by atoms with Crippen LogP contribution in [0.2, 0.25) is 0 Å². The molecule has 0 saturated carbocycles. The Hall–Kier alpha value is -2.82. The van der Waals surface area contributed by atoms with Crippen molar-refractivity contribution >= 4 is 17.7 Å². The van der Waals surface area contributed by atoms with Gasteiger partial charge in [-0.25, -0.2) is 4.79 Å². The van der Waals surface area contributed by atoms with Crippen molar-refractivity contribution in [2.24, 2.45) is 0 Å². The van der Waals surface area contributed by atoms with Crippen molar-refractivity contribution in [3.05, 3.63) is 65.2 Å². The van der Waals surface area contributed by atoms with Gasteiger partial charge in [-0.2, -0.15) is 0 Å². The summed E-state index contributed by atoms with van der Waals surface area (Å²) < 4.78 is 5.11. The summed E-state index contributed by atoms with van der Waals surface area (Å²) in [7, 11) is 0. The van der Waals surface area contributed by atoms with Gasteiger partial charge in [0.2, 0.25) is 5.91 Å². The van der Waals surface area contributed by atoms with E-state index in [0.29, 0.717) is 0 Å². The lowest BCUT2D eigenvalue weighted by Gasteiger charge is -2.16. The predicted molar refractivity (Wildman–Crippen MR) is 93.8 cm³/mol. The van der Waals surface area contributed by atoms with E-state index in [1.165, 1.54) is 0 Å². The molecule has 5 nitrogen and oxygen atoms in total. The Morgan fingerprint density at radius 2 is 1.75 bits per heavy atom. The number of aryl methyl sites for hydroxylation is 1. The van der Waals surface area contributed by atoms with Crippen molar-refractivity contribution < 1.29 is 14.3 Å². The zero-order valence-corrected chi connectivity index (χ0v) is 14.1. The van der Waals surface area contributed by atoms with Gasteiger partial charge in [0, 0.05) is 5.69 Å². The lowest BCUT2D eigenvalue weighted by molar-refractivity contribution is -0.117. The molecular formula is C19H22N2O3. The van der Waals surface area contributed by atoms with Gasteiger partial charge in [0.1, 0.15) is 12.6 Å². The monoisotopic (exact) mass is 326 g/mol. The van der Waals surface area contributed by atoms with E-state index in [0.717, 1.165) is 22.4 Å². The zero-order valence-electron chi connectivity index (χ0n) is 14.1. The molecule has 0 saturated heterocycles. The minimum absolute atomic E-state index is 0.165. The number of rotatable bonds is 5. The van der Waals surface area contributed by atoms with E-state index in [2.05, 4.69) is 10.6 Å². The summed E-state index contributed by atoms with van der Waals surface area (Å²) in [5.74, 6) is -0.291. The first-order valence-corrected chi connectivity index (χ1v) is 7.81. The number of carbonyl (C=O) groups excluding carboxylic acids is 2. The molecule has 0 unspecified atom stereocenters. The van der Waals surface area contributed by atoms with Crippen LogP contribution in [0.1, 0.15) is 23.6 Å². The van der Waals surface area contributed by atoms with Crippen LogP contribution < -0.4 is 10.6 Å². The van der Waals surface area contributed by atoms with Crippen LogP contribution in [-0.2, 0) is 16.1 Å². The lowest BCUT2D eigenvalue weighted by atomic mass is 10.1. The SMILES string of the molecule is Cc1cccc(NC(=O)[C@H](C)NC(=O)OCc2ccccc2)c1C. The standard InChI is InChI=1S/C19H22N2O3/c1-13-8-7-11-17(14(13)2)21-18(22)15(3)20-19(23)24-12-16-9-5-4-6-10-16/h4-11,15H,12H2,1-3H3,(H,20,23)(H,21,22)/t15-/m0/s1. The van der Waals surface area contributed by atoms with Crippen molar-refractivity contribution in [2.75, 3.05) is 5.32 Å². The Labute approximate surface area is 142 Å². The normalized spacial score (nSPS) is 11.5. The highest BCUT2D eigenvalue weighted by Gasteiger charge is 2.17. The molecule has 0 spiro atoms. The maximum absolute atomic E-state index is 12.2. The van der Waals surface area contributed by atoms with E-state index in [1.54, 1.807) is 6.92 Å². The number of hydrogen-bond donors (Lipinski definition) is 2. The second kappa shape index (κ2) is 8.15. The molecule has 0 fully saturated rings. The lowest BCUT2D eigenvalue weighted by Crippen LogP contribution is -2.41. The number of nitrogens with one attached hydrogen (secondary N) is 2. The summed E-state index contributed by atoms with van der Waals surface area (Å²) in [5, 5.41) is 5.35. The Bertz CT molecular complexity index is 714. The van der Waals surface area contributed by atoms with Gasteiger partial charge in [-0.1, -0.05) is 42.5 Å². The van der Waals surface area contributed by atoms with Crippen molar-refractivity contribution in [3.8, 4) is 0 Å². The molecule has 126 valence electrons. The van der Waals surface area contributed by atoms with Crippen molar-refractivity contribution in [1.29, 1.82) is 0 Å². The molecule has 2 aromatic carbocycles. The molecule has 0 radical (unpaired) electrons. The van der Waals surface area contributed by atoms with Crippen molar-refractivity contribution in [3.63, 3.8) is 0 Å². The Balaban J connectivity index is 1.84. The van der Waals surface area contributed by atoms with Crippen LogP contribution in [0.25, 0.3) is 0 Å². The molecule has 0 aromatic heterocycles. The highest BCUT2D eigenvalue weighted by molar-refractivity contribution is 5.96. The first-order valence-electron chi connectivity index (χ1n) is 7.81. The summed E-state index contributed by atoms with van der Waals surface area (Å²) in [6.07, 6.45) is -0.623. The van der Waals surface area contributed by atoms with Crippen LogP contribution in [0.3, 0.4) is 0 Å². The summed E-state index contributed by atoms with van der Waals surface area (Å²) in [6, 6.07) is 14.4. The molecule has 2 N–H and O–H groups in total. The smallest absolute Gasteiger partial charge is 0.408 e. The Morgan fingerprint density at radius 3 is 2.46 bits per heavy atom. The van der Waals surface area contributed by atoms with Gasteiger partial charge >= 0.3 is 6.09 Å². The van der Waals surface area contributed by atoms with Gasteiger partial charge < -0.3 is 15.4 Å². The first kappa shape index (κ1) is 17.5. The fourth-order valence-corrected chi connectivity index (χ4v) is 2.13. The van der Waals surface area contributed by atoms with E-state index < -0.39 is 12.1 Å². The number of anilines is 1.